The van der Waals surface area contributed by atoms with Crippen molar-refractivity contribution in [3.05, 3.63) is 36.0 Å². The number of benzene rings is 1. The first-order chi connectivity index (χ1) is 8.70. The summed E-state index contributed by atoms with van der Waals surface area (Å²) in [4.78, 5) is 0. The number of halogens is 1. The highest BCUT2D eigenvalue weighted by molar-refractivity contribution is 7.78. The molecule has 0 aliphatic rings. The molecule has 1 aromatic heterocycles. The summed E-state index contributed by atoms with van der Waals surface area (Å²) >= 11 is 3.99. The Hall–Kier alpha value is -1.89. The van der Waals surface area contributed by atoms with Crippen LogP contribution in [0.3, 0.4) is 0 Å². The third-order valence-electron chi connectivity index (χ3n) is 2.30. The Morgan fingerprint density at radius 2 is 2.17 bits per heavy atom. The summed E-state index contributed by atoms with van der Waals surface area (Å²) < 4.78 is 23.8. The first-order valence-corrected chi connectivity index (χ1v) is 5.54. The minimum atomic E-state index is -0.915. The van der Waals surface area contributed by atoms with Gasteiger partial charge in [-0.15, -0.1) is 5.10 Å². The van der Waals surface area contributed by atoms with E-state index in [0.29, 0.717) is 22.9 Å². The molecular formula is C11H12FN3O2S. The molecule has 0 radical (unpaired) electrons. The van der Waals surface area contributed by atoms with Crippen LogP contribution in [0.15, 0.2) is 30.5 Å². The van der Waals surface area contributed by atoms with Crippen LogP contribution in [0.5, 0.6) is 11.6 Å². The number of ether oxygens (including phenoxy) is 2. The van der Waals surface area contributed by atoms with Gasteiger partial charge in [-0.2, -0.15) is 0 Å². The lowest BCUT2D eigenvalue weighted by Crippen LogP contribution is -2.04. The number of anilines is 1. The highest BCUT2D eigenvalue weighted by Gasteiger charge is 2.09. The van der Waals surface area contributed by atoms with Crippen LogP contribution in [0.25, 0.3) is 0 Å². The quantitative estimate of drug-likeness (QED) is 0.644. The molecule has 0 spiro atoms. The van der Waals surface area contributed by atoms with E-state index in [0.717, 1.165) is 0 Å². The molecule has 0 aliphatic heterocycles. The molecule has 0 saturated heterocycles. The van der Waals surface area contributed by atoms with Gasteiger partial charge in [0.15, 0.2) is 0 Å². The van der Waals surface area contributed by atoms with Crippen molar-refractivity contribution < 1.29 is 13.9 Å². The number of alkyl halides is 1. The molecule has 7 heteroatoms. The number of nitrogens with two attached hydrogens (primary N) is 1. The minimum absolute atomic E-state index is 0.146. The fraction of sp³-hybridized carbons (Fsp3) is 0.182. The lowest BCUT2D eigenvalue weighted by Gasteiger charge is -2.11. The van der Waals surface area contributed by atoms with Gasteiger partial charge in [0.1, 0.15) is 12.4 Å². The maximum atomic E-state index is 12.2. The van der Waals surface area contributed by atoms with Gasteiger partial charge in [-0.05, 0) is 24.9 Å². The summed E-state index contributed by atoms with van der Waals surface area (Å²) in [5.41, 5.74) is 6.86. The molecule has 96 valence electrons. The Bertz CT molecular complexity index is 533. The zero-order valence-corrected chi connectivity index (χ0v) is 10.3. The molecule has 1 heterocycles. The number of hydrogen-bond acceptors (Lipinski definition) is 5. The molecule has 0 aliphatic carbocycles. The highest BCUT2D eigenvalue weighted by atomic mass is 32.1. The van der Waals surface area contributed by atoms with Crippen LogP contribution in [-0.2, 0) is 6.61 Å². The number of aromatic nitrogens is 2. The van der Waals surface area contributed by atoms with Gasteiger partial charge in [0.05, 0.1) is 5.56 Å². The third-order valence-corrected chi connectivity index (χ3v) is 2.52. The van der Waals surface area contributed by atoms with Crippen molar-refractivity contribution >= 4 is 18.5 Å². The summed E-state index contributed by atoms with van der Waals surface area (Å²) in [5.74, 6) is 0.766. The van der Waals surface area contributed by atoms with Crippen molar-refractivity contribution in [3.63, 3.8) is 0 Å². The SMILES string of the molecule is Nc1cccc(OCF)c1COc1ccn(S)n1. The van der Waals surface area contributed by atoms with Crippen molar-refractivity contribution in [1.29, 1.82) is 0 Å². The molecule has 1 aromatic carbocycles. The molecule has 0 atom stereocenters. The van der Waals surface area contributed by atoms with E-state index in [1.165, 1.54) is 4.09 Å². The molecule has 0 amide bonds. The number of nitrogens with zero attached hydrogens (tertiary/aromatic N) is 2. The maximum Gasteiger partial charge on any atom is 0.234 e. The third kappa shape index (κ3) is 2.86. The van der Waals surface area contributed by atoms with E-state index in [1.807, 2.05) is 0 Å². The fourth-order valence-corrected chi connectivity index (χ4v) is 1.61. The molecular weight excluding hydrogens is 257 g/mol. The normalized spacial score (nSPS) is 10.3. The van der Waals surface area contributed by atoms with Crippen LogP contribution < -0.4 is 15.2 Å². The highest BCUT2D eigenvalue weighted by Crippen LogP contribution is 2.25. The van der Waals surface area contributed by atoms with Crippen LogP contribution in [0.1, 0.15) is 5.56 Å². The second-order valence-electron chi connectivity index (χ2n) is 3.44. The van der Waals surface area contributed by atoms with Gasteiger partial charge >= 0.3 is 0 Å². The van der Waals surface area contributed by atoms with E-state index < -0.39 is 6.86 Å². The largest absolute Gasteiger partial charge is 0.471 e. The Morgan fingerprint density at radius 3 is 2.83 bits per heavy atom. The van der Waals surface area contributed by atoms with Crippen molar-refractivity contribution in [2.45, 2.75) is 6.61 Å². The van der Waals surface area contributed by atoms with E-state index in [2.05, 4.69) is 17.9 Å². The topological polar surface area (TPSA) is 62.3 Å². The van der Waals surface area contributed by atoms with Gasteiger partial charge in [0, 0.05) is 18.0 Å². The van der Waals surface area contributed by atoms with Gasteiger partial charge < -0.3 is 15.2 Å². The smallest absolute Gasteiger partial charge is 0.234 e. The Kier molecular flexibility index (Phi) is 3.93. The molecule has 0 unspecified atom stereocenters. The Morgan fingerprint density at radius 1 is 1.33 bits per heavy atom. The summed E-state index contributed by atoms with van der Waals surface area (Å²) in [5, 5.41) is 3.93. The fourth-order valence-electron chi connectivity index (χ4n) is 1.45. The van der Waals surface area contributed by atoms with Crippen molar-refractivity contribution in [3.8, 4) is 11.6 Å². The molecule has 2 rings (SSSR count). The van der Waals surface area contributed by atoms with Gasteiger partial charge in [0.2, 0.25) is 12.7 Å². The average molecular weight is 269 g/mol. The summed E-state index contributed by atoms with van der Waals surface area (Å²) in [6, 6.07) is 6.67. The van der Waals surface area contributed by atoms with Crippen molar-refractivity contribution in [2.75, 3.05) is 12.6 Å². The predicted octanol–water partition coefficient (Wildman–Crippen LogP) is 2.04. The van der Waals surface area contributed by atoms with Crippen molar-refractivity contribution in [2.24, 2.45) is 0 Å². The number of nitrogen functional groups attached to an aromatic ring is 1. The van der Waals surface area contributed by atoms with Crippen LogP contribution in [0.2, 0.25) is 0 Å². The average Bonchev–Trinajstić information content (AvgIpc) is 2.75. The summed E-state index contributed by atoms with van der Waals surface area (Å²) in [6.07, 6.45) is 1.63. The molecule has 18 heavy (non-hydrogen) atoms. The molecule has 2 aromatic rings. The van der Waals surface area contributed by atoms with Gasteiger partial charge in [0.25, 0.3) is 0 Å². The van der Waals surface area contributed by atoms with E-state index in [-0.39, 0.29) is 6.61 Å². The zero-order chi connectivity index (χ0) is 13.0. The van der Waals surface area contributed by atoms with Crippen molar-refractivity contribution in [1.82, 2.24) is 9.19 Å². The molecule has 2 N–H and O–H groups in total. The molecule has 5 nitrogen and oxygen atoms in total. The van der Waals surface area contributed by atoms with Gasteiger partial charge in [-0.25, -0.2) is 8.48 Å². The first-order valence-electron chi connectivity index (χ1n) is 5.14. The minimum Gasteiger partial charge on any atom is -0.471 e. The lowest BCUT2D eigenvalue weighted by atomic mass is 10.1. The molecule has 0 fully saturated rings. The van der Waals surface area contributed by atoms with Crippen LogP contribution >= 0.6 is 12.8 Å². The first kappa shape index (κ1) is 12.6. The Labute approximate surface area is 109 Å². The number of thiol groups is 1. The predicted molar refractivity (Wildman–Crippen MR) is 68.4 cm³/mol. The zero-order valence-electron chi connectivity index (χ0n) is 9.41. The number of hydrogen-bond donors (Lipinski definition) is 2. The molecule has 0 bridgehead atoms. The van der Waals surface area contributed by atoms with E-state index in [9.17, 15) is 4.39 Å². The van der Waals surface area contributed by atoms with Gasteiger partial charge in [-0.1, -0.05) is 6.07 Å². The van der Waals surface area contributed by atoms with E-state index >= 15 is 0 Å². The van der Waals surface area contributed by atoms with Gasteiger partial charge in [-0.3, -0.25) is 0 Å². The van der Waals surface area contributed by atoms with E-state index in [4.69, 9.17) is 15.2 Å². The van der Waals surface area contributed by atoms with Crippen LogP contribution in [-0.4, -0.2) is 16.0 Å². The number of rotatable bonds is 5. The lowest BCUT2D eigenvalue weighted by molar-refractivity contribution is 0.186. The Balaban J connectivity index is 2.12. The monoisotopic (exact) mass is 269 g/mol. The second kappa shape index (κ2) is 5.63. The maximum absolute atomic E-state index is 12.2. The van der Waals surface area contributed by atoms with Crippen LogP contribution in [0.4, 0.5) is 10.1 Å². The molecule has 0 saturated carbocycles. The standard InChI is InChI=1S/C11H12FN3O2S/c12-7-17-10-3-1-2-9(13)8(10)6-16-11-4-5-15(18)14-11/h1-5,18H,6-7,13H2. The van der Waals surface area contributed by atoms with E-state index in [1.54, 1.807) is 30.5 Å². The summed E-state index contributed by atoms with van der Waals surface area (Å²) in [6.45, 7) is -0.769. The second-order valence-corrected chi connectivity index (χ2v) is 3.85. The summed E-state index contributed by atoms with van der Waals surface area (Å²) in [7, 11) is 0. The van der Waals surface area contributed by atoms with Crippen LogP contribution in [0, 0.1) is 0 Å².